The van der Waals surface area contributed by atoms with Gasteiger partial charge in [-0.15, -0.1) is 0 Å². The average molecular weight is 348 g/mol. The lowest BCUT2D eigenvalue weighted by molar-refractivity contribution is 0.0904. The van der Waals surface area contributed by atoms with Gasteiger partial charge in [-0.3, -0.25) is 24.1 Å². The number of ether oxygens (including phenoxy) is 1. The molecule has 3 aromatic rings. The van der Waals surface area contributed by atoms with Gasteiger partial charge in [-0.1, -0.05) is 30.4 Å². The first-order chi connectivity index (χ1) is 11.5. The van der Waals surface area contributed by atoms with Gasteiger partial charge in [0.25, 0.3) is 5.56 Å². The van der Waals surface area contributed by atoms with Gasteiger partial charge in [0.2, 0.25) is 0 Å². The number of benzene rings is 1. The van der Waals surface area contributed by atoms with E-state index in [0.29, 0.717) is 11.3 Å². The minimum atomic E-state index is -0.872. The van der Waals surface area contributed by atoms with Gasteiger partial charge < -0.3 is 9.84 Å². The number of fused-ring (bicyclic) bond motifs is 1. The third kappa shape index (κ3) is 3.03. The van der Waals surface area contributed by atoms with E-state index < -0.39 is 17.4 Å². The minimum absolute atomic E-state index is 0.0496. The highest BCUT2D eigenvalue weighted by atomic mass is 32.1. The van der Waals surface area contributed by atoms with Crippen molar-refractivity contribution < 1.29 is 9.84 Å². The van der Waals surface area contributed by atoms with Crippen molar-refractivity contribution in [2.24, 2.45) is 7.05 Å². The number of aliphatic hydroxyl groups excluding tert-OH is 1. The summed E-state index contributed by atoms with van der Waals surface area (Å²) in [6.07, 6.45) is -0.872. The number of aromatic nitrogens is 4. The summed E-state index contributed by atoms with van der Waals surface area (Å²) < 4.78 is 8.43. The highest BCUT2D eigenvalue weighted by Gasteiger charge is 2.15. The van der Waals surface area contributed by atoms with Crippen LogP contribution in [-0.2, 0) is 13.6 Å². The normalized spacial score (nSPS) is 12.4. The lowest BCUT2D eigenvalue weighted by Crippen LogP contribution is -2.30. The van der Waals surface area contributed by atoms with Crippen molar-refractivity contribution in [1.82, 2.24) is 19.3 Å². The van der Waals surface area contributed by atoms with Crippen LogP contribution in [0.5, 0.6) is 5.75 Å². The smallest absolute Gasteiger partial charge is 0.328 e. The van der Waals surface area contributed by atoms with E-state index in [1.54, 1.807) is 12.1 Å². The van der Waals surface area contributed by atoms with E-state index >= 15 is 0 Å². The molecule has 0 bridgehead atoms. The molecular formula is C15H16N4O4S. The van der Waals surface area contributed by atoms with Crippen LogP contribution in [0.2, 0.25) is 0 Å². The maximum Gasteiger partial charge on any atom is 0.328 e. The Labute approximate surface area is 140 Å². The molecule has 0 spiro atoms. The fourth-order valence-corrected chi connectivity index (χ4v) is 2.80. The van der Waals surface area contributed by atoms with Crippen molar-refractivity contribution in [1.29, 1.82) is 0 Å². The molecule has 1 unspecified atom stereocenters. The highest BCUT2D eigenvalue weighted by molar-refractivity contribution is 7.71. The average Bonchev–Trinajstić information content (AvgIpc) is 2.88. The number of hydrogen-bond donors (Lipinski definition) is 3. The van der Waals surface area contributed by atoms with E-state index in [1.165, 1.54) is 16.3 Å². The van der Waals surface area contributed by atoms with E-state index in [2.05, 4.69) is 10.1 Å². The van der Waals surface area contributed by atoms with Gasteiger partial charge in [0.05, 0.1) is 6.54 Å². The summed E-state index contributed by atoms with van der Waals surface area (Å²) in [5.74, 6) is 0.641. The lowest BCUT2D eigenvalue weighted by Gasteiger charge is -2.13. The number of aliphatic hydroxyl groups is 1. The molecule has 8 nitrogen and oxygen atoms in total. The number of H-pyrrole nitrogens is 2. The molecule has 0 saturated heterocycles. The lowest BCUT2D eigenvalue weighted by atomic mass is 10.3. The number of nitrogens with one attached hydrogen (secondary N) is 2. The standard InChI is InChI=1S/C15H16N4O4S/c1-18-12-11(13(21)16-15(18)22)19(17-14(12)24)7-9(20)8-23-10-5-3-2-4-6-10/h2-6,9,20H,7-8H2,1H3,(H,17,24)(H,16,21,22). The molecule has 3 N–H and O–H groups in total. The Kier molecular flexibility index (Phi) is 4.36. The molecule has 3 rings (SSSR count). The summed E-state index contributed by atoms with van der Waals surface area (Å²) in [4.78, 5) is 26.0. The summed E-state index contributed by atoms with van der Waals surface area (Å²) in [5.41, 5.74) is -0.565. The number of rotatable bonds is 5. The second-order valence-corrected chi connectivity index (χ2v) is 5.75. The molecule has 0 aliphatic heterocycles. The highest BCUT2D eigenvalue weighted by Crippen LogP contribution is 2.11. The van der Waals surface area contributed by atoms with Gasteiger partial charge >= 0.3 is 5.69 Å². The minimum Gasteiger partial charge on any atom is -0.491 e. The molecule has 0 amide bonds. The third-order valence-corrected chi connectivity index (χ3v) is 3.88. The van der Waals surface area contributed by atoms with E-state index in [0.717, 1.165) is 0 Å². The second kappa shape index (κ2) is 6.46. The maximum atomic E-state index is 12.1. The van der Waals surface area contributed by atoms with Crippen LogP contribution in [0.3, 0.4) is 0 Å². The van der Waals surface area contributed by atoms with E-state index in [1.807, 2.05) is 18.2 Å². The molecule has 0 aliphatic carbocycles. The SMILES string of the molecule is Cn1c(=O)[nH]c(=O)c2c1c(=S)[nH]n2CC(O)COc1ccccc1. The summed E-state index contributed by atoms with van der Waals surface area (Å²) in [6, 6.07) is 9.10. The fraction of sp³-hybridized carbons (Fsp3) is 0.267. The van der Waals surface area contributed by atoms with Crippen LogP contribution < -0.4 is 16.0 Å². The Bertz CT molecular complexity index is 1030. The maximum absolute atomic E-state index is 12.1. The summed E-state index contributed by atoms with van der Waals surface area (Å²) in [7, 11) is 1.52. The largest absolute Gasteiger partial charge is 0.491 e. The van der Waals surface area contributed by atoms with Crippen molar-refractivity contribution in [3.63, 3.8) is 0 Å². The number of aryl methyl sites for hydroxylation is 1. The first-order valence-corrected chi connectivity index (χ1v) is 7.66. The zero-order valence-electron chi connectivity index (χ0n) is 12.9. The van der Waals surface area contributed by atoms with Crippen LogP contribution in [0.4, 0.5) is 0 Å². The van der Waals surface area contributed by atoms with E-state index in [9.17, 15) is 14.7 Å². The summed E-state index contributed by atoms with van der Waals surface area (Å²) >= 11 is 5.17. The van der Waals surface area contributed by atoms with Gasteiger partial charge in [0.1, 0.15) is 34.1 Å². The first kappa shape index (κ1) is 16.2. The Morgan fingerprint density at radius 2 is 1.96 bits per heavy atom. The zero-order valence-corrected chi connectivity index (χ0v) is 13.7. The molecule has 0 radical (unpaired) electrons. The monoisotopic (exact) mass is 348 g/mol. The van der Waals surface area contributed by atoms with Crippen LogP contribution in [-0.4, -0.2) is 37.1 Å². The number of nitrogens with zero attached hydrogens (tertiary/aromatic N) is 2. The number of para-hydroxylation sites is 1. The molecular weight excluding hydrogens is 332 g/mol. The van der Waals surface area contributed by atoms with Crippen molar-refractivity contribution in [3.8, 4) is 5.75 Å². The molecule has 1 atom stereocenters. The Morgan fingerprint density at radius 1 is 1.25 bits per heavy atom. The van der Waals surface area contributed by atoms with Gasteiger partial charge in [-0.2, -0.15) is 0 Å². The predicted molar refractivity (Wildman–Crippen MR) is 90.9 cm³/mol. The molecule has 9 heteroatoms. The molecule has 2 heterocycles. The number of aromatic amines is 2. The molecule has 2 aromatic heterocycles. The molecule has 0 aliphatic rings. The fourth-order valence-electron chi connectivity index (χ4n) is 2.46. The Hall–Kier alpha value is -2.65. The van der Waals surface area contributed by atoms with Crippen LogP contribution in [0.15, 0.2) is 39.9 Å². The Balaban J connectivity index is 1.85. The van der Waals surface area contributed by atoms with Gasteiger partial charge in [-0.25, -0.2) is 4.79 Å². The molecule has 1 aromatic carbocycles. The zero-order chi connectivity index (χ0) is 17.3. The van der Waals surface area contributed by atoms with Crippen LogP contribution in [0.25, 0.3) is 11.0 Å². The van der Waals surface area contributed by atoms with E-state index in [-0.39, 0.29) is 23.3 Å². The second-order valence-electron chi connectivity index (χ2n) is 5.34. The van der Waals surface area contributed by atoms with Crippen LogP contribution in [0, 0.1) is 4.64 Å². The van der Waals surface area contributed by atoms with Crippen molar-refractivity contribution in [2.75, 3.05) is 6.61 Å². The quantitative estimate of drug-likeness (QED) is 0.583. The molecule has 0 saturated carbocycles. The van der Waals surface area contributed by atoms with Gasteiger partial charge in [0, 0.05) is 7.05 Å². The number of hydrogen-bond acceptors (Lipinski definition) is 5. The summed E-state index contributed by atoms with van der Waals surface area (Å²) in [5, 5.41) is 13.0. The predicted octanol–water partition coefficient (Wildman–Crippen LogP) is 0.526. The van der Waals surface area contributed by atoms with Crippen LogP contribution in [0.1, 0.15) is 0 Å². The Morgan fingerprint density at radius 3 is 2.67 bits per heavy atom. The van der Waals surface area contributed by atoms with Crippen molar-refractivity contribution >= 4 is 23.3 Å². The van der Waals surface area contributed by atoms with Crippen LogP contribution >= 0.6 is 12.2 Å². The third-order valence-electron chi connectivity index (χ3n) is 3.60. The molecule has 126 valence electrons. The van der Waals surface area contributed by atoms with Gasteiger partial charge in [0.15, 0.2) is 0 Å². The first-order valence-electron chi connectivity index (χ1n) is 7.25. The molecule has 0 fully saturated rings. The van der Waals surface area contributed by atoms with E-state index in [4.69, 9.17) is 17.0 Å². The van der Waals surface area contributed by atoms with Gasteiger partial charge in [-0.05, 0) is 12.1 Å². The molecule has 24 heavy (non-hydrogen) atoms. The summed E-state index contributed by atoms with van der Waals surface area (Å²) in [6.45, 7) is 0.120. The topological polar surface area (TPSA) is 105 Å². The van der Waals surface area contributed by atoms with Crippen molar-refractivity contribution in [3.05, 3.63) is 55.8 Å². The van der Waals surface area contributed by atoms with Crippen molar-refractivity contribution in [2.45, 2.75) is 12.6 Å².